The summed E-state index contributed by atoms with van der Waals surface area (Å²) in [5, 5.41) is 32.7. The number of nitriles is 4. The second kappa shape index (κ2) is 55.2. The minimum absolute atomic E-state index is 0. The van der Waals surface area contributed by atoms with E-state index in [1.54, 1.807) is 0 Å². The third-order valence-corrected chi connectivity index (χ3v) is 5.57. The van der Waals surface area contributed by atoms with Crippen LogP contribution in [0.25, 0.3) is 0 Å². The van der Waals surface area contributed by atoms with E-state index in [-0.39, 0.29) is 20.4 Å². The molecule has 0 spiro atoms. The van der Waals surface area contributed by atoms with Crippen molar-refractivity contribution in [1.82, 2.24) is 0 Å². The molecule has 0 aliphatic rings. The molecule has 0 atom stereocenters. The predicted octanol–water partition coefficient (Wildman–Crippen LogP) is 11.5. The molecule has 0 aliphatic carbocycles. The first-order valence-electron chi connectivity index (χ1n) is 15.1. The summed E-state index contributed by atoms with van der Waals surface area (Å²) in [6.45, 7) is 8.79. The first-order valence-corrected chi connectivity index (χ1v) is 15.1. The van der Waals surface area contributed by atoms with Crippen molar-refractivity contribution in [2.45, 2.75) is 182 Å². The third kappa shape index (κ3) is 72.0. The van der Waals surface area contributed by atoms with Crippen molar-refractivity contribution in [3.05, 3.63) is 0 Å². The van der Waals surface area contributed by atoms with Crippen LogP contribution in [-0.2, 0) is 20.4 Å². The number of hydrogen-bond acceptors (Lipinski definition) is 4. The molecule has 0 unspecified atom stereocenters. The zero-order valence-corrected chi connectivity index (χ0v) is 26.6. The van der Waals surface area contributed by atoms with Crippen LogP contribution in [0.2, 0.25) is 0 Å². The van der Waals surface area contributed by atoms with Crippen LogP contribution in [-0.4, -0.2) is 0 Å². The van der Waals surface area contributed by atoms with Crippen LogP contribution >= 0.6 is 0 Å². The van der Waals surface area contributed by atoms with Gasteiger partial charge in [-0.25, -0.2) is 0 Å². The topological polar surface area (TPSA) is 95.2 Å². The van der Waals surface area contributed by atoms with Crippen LogP contribution in [0.1, 0.15) is 182 Å². The summed E-state index contributed by atoms with van der Waals surface area (Å²) in [5.74, 6) is 0. The van der Waals surface area contributed by atoms with Gasteiger partial charge in [-0.2, -0.15) is 21.0 Å². The smallest absolute Gasteiger partial charge is 0.0621 e. The largest absolute Gasteiger partial charge is 0.198 e. The molecule has 0 aromatic carbocycles. The van der Waals surface area contributed by atoms with Crippen LogP contribution in [0.4, 0.5) is 0 Å². The Morgan fingerprint density at radius 3 is 0.595 bits per heavy atom. The molecular formula is C32H60N4Pd. The fraction of sp³-hybridized carbons (Fsp3) is 0.875. The molecule has 0 saturated carbocycles. The number of nitrogens with zero attached hydrogens (tertiary/aromatic N) is 4. The van der Waals surface area contributed by atoms with Crippen LogP contribution < -0.4 is 0 Å². The molecule has 0 fully saturated rings. The molecule has 0 amide bonds. The van der Waals surface area contributed by atoms with Gasteiger partial charge in [-0.1, -0.05) is 130 Å². The van der Waals surface area contributed by atoms with Crippen LogP contribution in [0.15, 0.2) is 0 Å². The monoisotopic (exact) mass is 606 g/mol. The molecule has 0 aromatic heterocycles. The summed E-state index contributed by atoms with van der Waals surface area (Å²) < 4.78 is 0. The van der Waals surface area contributed by atoms with Crippen molar-refractivity contribution in [2.75, 3.05) is 0 Å². The van der Waals surface area contributed by atoms with Gasteiger partial charge in [0.25, 0.3) is 0 Å². The van der Waals surface area contributed by atoms with Gasteiger partial charge in [0.05, 0.1) is 24.3 Å². The van der Waals surface area contributed by atoms with Gasteiger partial charge in [-0.15, -0.1) is 0 Å². The summed E-state index contributed by atoms with van der Waals surface area (Å²) in [6, 6.07) is 8.58. The molecule has 0 aromatic rings. The molecule has 0 bridgehead atoms. The second-order valence-corrected chi connectivity index (χ2v) is 9.29. The number of unbranched alkanes of at least 4 members (excludes halogenated alkanes) is 20. The molecule has 0 heterocycles. The van der Waals surface area contributed by atoms with Crippen molar-refractivity contribution in [3.8, 4) is 24.3 Å². The van der Waals surface area contributed by atoms with Crippen molar-refractivity contribution in [1.29, 1.82) is 21.0 Å². The third-order valence-electron chi connectivity index (χ3n) is 5.57. The van der Waals surface area contributed by atoms with Crippen molar-refractivity contribution in [2.24, 2.45) is 0 Å². The molecule has 0 radical (unpaired) electrons. The van der Waals surface area contributed by atoms with Crippen LogP contribution in [0, 0.1) is 45.3 Å². The number of rotatable bonds is 20. The van der Waals surface area contributed by atoms with Crippen LogP contribution in [0.5, 0.6) is 0 Å². The molecule has 5 heteroatoms. The fourth-order valence-electron chi connectivity index (χ4n) is 3.23. The molecule has 0 rings (SSSR count). The van der Waals surface area contributed by atoms with Crippen molar-refractivity contribution >= 4 is 0 Å². The summed E-state index contributed by atoms with van der Waals surface area (Å²) in [4.78, 5) is 0. The summed E-state index contributed by atoms with van der Waals surface area (Å²) in [5.41, 5.74) is 0. The normalized spacial score (nSPS) is 8.65. The van der Waals surface area contributed by atoms with E-state index in [2.05, 4.69) is 52.0 Å². The minimum atomic E-state index is 0. The van der Waals surface area contributed by atoms with Gasteiger partial charge in [0, 0.05) is 46.1 Å². The predicted molar refractivity (Wildman–Crippen MR) is 156 cm³/mol. The first-order chi connectivity index (χ1) is 17.7. The van der Waals surface area contributed by atoms with E-state index in [0.29, 0.717) is 0 Å². The van der Waals surface area contributed by atoms with Gasteiger partial charge in [-0.3, -0.25) is 0 Å². The summed E-state index contributed by atoms with van der Waals surface area (Å²) >= 11 is 0. The van der Waals surface area contributed by atoms with E-state index in [1.165, 1.54) is 103 Å². The van der Waals surface area contributed by atoms with E-state index < -0.39 is 0 Å². The Kier molecular flexibility index (Phi) is 68.0. The van der Waals surface area contributed by atoms with E-state index in [9.17, 15) is 0 Å². The van der Waals surface area contributed by atoms with Crippen molar-refractivity contribution in [3.63, 3.8) is 0 Å². The van der Waals surface area contributed by atoms with E-state index in [0.717, 1.165) is 51.4 Å². The second-order valence-electron chi connectivity index (χ2n) is 9.29. The Hall–Kier alpha value is -1.38. The first kappa shape index (κ1) is 45.5. The fourth-order valence-corrected chi connectivity index (χ4v) is 3.23. The van der Waals surface area contributed by atoms with Gasteiger partial charge in [0.15, 0.2) is 0 Å². The van der Waals surface area contributed by atoms with E-state index >= 15 is 0 Å². The molecule has 218 valence electrons. The van der Waals surface area contributed by atoms with Gasteiger partial charge in [0.2, 0.25) is 0 Å². The summed E-state index contributed by atoms with van der Waals surface area (Å²) in [6.07, 6.45) is 27.9. The maximum absolute atomic E-state index is 8.17. The zero-order valence-electron chi connectivity index (χ0n) is 25.1. The Morgan fingerprint density at radius 2 is 0.459 bits per heavy atom. The SMILES string of the molecule is CCCCCCCC#N.CCCCCCCC#N.CCCCCCCC#N.CCCCCCCC#N.[Pd]. The Balaban J connectivity index is -0.000000122. The van der Waals surface area contributed by atoms with Gasteiger partial charge in [0.1, 0.15) is 0 Å². The van der Waals surface area contributed by atoms with E-state index in [4.69, 9.17) is 21.0 Å². The van der Waals surface area contributed by atoms with Gasteiger partial charge >= 0.3 is 0 Å². The van der Waals surface area contributed by atoms with Gasteiger partial charge in [-0.05, 0) is 25.7 Å². The Bertz CT molecular complexity index is 427. The Morgan fingerprint density at radius 1 is 0.297 bits per heavy atom. The standard InChI is InChI=1S/4C8H15N.Pd/c4*1-2-3-4-5-6-7-8-9;/h4*2-7H2,1H3;. The van der Waals surface area contributed by atoms with Crippen molar-refractivity contribution < 1.29 is 20.4 Å². The summed E-state index contributed by atoms with van der Waals surface area (Å²) in [7, 11) is 0. The minimum Gasteiger partial charge on any atom is -0.198 e. The molecular weight excluding hydrogens is 547 g/mol. The zero-order chi connectivity index (χ0) is 27.8. The maximum atomic E-state index is 8.17. The molecule has 4 nitrogen and oxygen atoms in total. The molecule has 0 aliphatic heterocycles. The average Bonchev–Trinajstić information content (AvgIpc) is 2.90. The molecule has 37 heavy (non-hydrogen) atoms. The number of hydrogen-bond donors (Lipinski definition) is 0. The van der Waals surface area contributed by atoms with Gasteiger partial charge < -0.3 is 0 Å². The van der Waals surface area contributed by atoms with E-state index in [1.807, 2.05) is 0 Å². The quantitative estimate of drug-likeness (QED) is 0.102. The molecule has 0 saturated heterocycles. The molecule has 0 N–H and O–H groups in total. The maximum Gasteiger partial charge on any atom is 0.0621 e. The van der Waals surface area contributed by atoms with Crippen LogP contribution in [0.3, 0.4) is 0 Å². The Labute approximate surface area is 246 Å². The average molecular weight is 607 g/mol.